The first-order valence-electron chi connectivity index (χ1n) is 5.72. The molecule has 0 heterocycles. The molecule has 0 saturated carbocycles. The highest BCUT2D eigenvalue weighted by atomic mass is 17.0. The van der Waals surface area contributed by atoms with Crippen LogP contribution < -0.4 is 6.15 Å². The summed E-state index contributed by atoms with van der Waals surface area (Å²) in [4.78, 5) is 44.4. The lowest BCUT2D eigenvalue weighted by atomic mass is 10.4. The van der Waals surface area contributed by atoms with Crippen LogP contribution in [0.5, 0.6) is 0 Å². The van der Waals surface area contributed by atoms with Crippen molar-refractivity contribution < 1.29 is 50.1 Å². The number of nitrogens with zero attached hydrogens (tertiary/aromatic N) is 2. The van der Waals surface area contributed by atoms with Gasteiger partial charge in [0, 0.05) is 13.1 Å². The van der Waals surface area contributed by atoms with Crippen molar-refractivity contribution in [1.29, 1.82) is 0 Å². The molecule has 0 aliphatic rings. The number of aliphatic carboxylic acids is 4. The van der Waals surface area contributed by atoms with Crippen molar-refractivity contribution >= 4 is 23.9 Å². The fourth-order valence-corrected chi connectivity index (χ4v) is 1.48. The Labute approximate surface area is 130 Å². The number of hydrogen-bond donors (Lipinski definition) is 7. The first-order valence-corrected chi connectivity index (χ1v) is 5.72. The fourth-order valence-electron chi connectivity index (χ4n) is 1.48. The van der Waals surface area contributed by atoms with Crippen molar-refractivity contribution in [2.24, 2.45) is 0 Å². The molecule has 0 aliphatic carbocycles. The zero-order valence-electron chi connectivity index (χ0n) is 12.2. The maximum absolute atomic E-state index is 10.6. The number of hydrogen-bond acceptors (Lipinski definition) is 9. The summed E-state index contributed by atoms with van der Waals surface area (Å²) in [6.07, 6.45) is 0. The lowest BCUT2D eigenvalue weighted by Gasteiger charge is -2.23. The quantitative estimate of drug-likeness (QED) is 0.161. The SMILES string of the molecule is N.O=C(O)CN(CCN(CC(=O)O)CC(=O)O)CC(=O)O.OO. The van der Waals surface area contributed by atoms with Gasteiger partial charge in [0.2, 0.25) is 0 Å². The Morgan fingerprint density at radius 3 is 0.870 bits per heavy atom. The second-order valence-corrected chi connectivity index (χ2v) is 4.00. The maximum Gasteiger partial charge on any atom is 0.317 e. The van der Waals surface area contributed by atoms with Gasteiger partial charge in [-0.05, 0) is 0 Å². The summed E-state index contributed by atoms with van der Waals surface area (Å²) in [7, 11) is 0. The lowest BCUT2D eigenvalue weighted by molar-refractivity contribution is -0.176. The number of carboxylic acids is 4. The third-order valence-electron chi connectivity index (χ3n) is 2.17. The minimum Gasteiger partial charge on any atom is -0.480 e. The Kier molecular flexibility index (Phi) is 16.3. The van der Waals surface area contributed by atoms with E-state index in [1.807, 2.05) is 0 Å². The highest BCUT2D eigenvalue weighted by Gasteiger charge is 2.17. The molecule has 0 amide bonds. The first-order chi connectivity index (χ1) is 10.2. The average molecular weight is 343 g/mol. The molecule has 13 nitrogen and oxygen atoms in total. The summed E-state index contributed by atoms with van der Waals surface area (Å²) in [5, 5.41) is 46.5. The monoisotopic (exact) mass is 343 g/mol. The lowest BCUT2D eigenvalue weighted by Crippen LogP contribution is -2.43. The van der Waals surface area contributed by atoms with Crippen LogP contribution in [0.1, 0.15) is 0 Å². The van der Waals surface area contributed by atoms with Gasteiger partial charge in [0.25, 0.3) is 0 Å². The molecule has 13 heteroatoms. The molecule has 0 aromatic carbocycles. The van der Waals surface area contributed by atoms with Gasteiger partial charge in [-0.2, -0.15) is 0 Å². The van der Waals surface area contributed by atoms with E-state index in [9.17, 15) is 19.2 Å². The van der Waals surface area contributed by atoms with Crippen molar-refractivity contribution in [2.45, 2.75) is 0 Å². The zero-order chi connectivity index (χ0) is 17.7. The number of carbonyl (C=O) groups is 4. The molecule has 0 spiro atoms. The van der Waals surface area contributed by atoms with Gasteiger partial charge in [-0.3, -0.25) is 39.5 Å². The van der Waals surface area contributed by atoms with E-state index < -0.39 is 50.1 Å². The number of carboxylic acid groups (broad SMARTS) is 4. The molecule has 0 rings (SSSR count). The van der Waals surface area contributed by atoms with Crippen LogP contribution in [0.2, 0.25) is 0 Å². The average Bonchev–Trinajstić information content (AvgIpc) is 2.35. The molecular formula is C10H21N3O10. The second-order valence-electron chi connectivity index (χ2n) is 4.00. The van der Waals surface area contributed by atoms with Gasteiger partial charge in [0.05, 0.1) is 26.2 Å². The molecule has 136 valence electrons. The van der Waals surface area contributed by atoms with Crippen molar-refractivity contribution in [3.63, 3.8) is 0 Å². The van der Waals surface area contributed by atoms with Crippen LogP contribution in [-0.2, 0) is 19.2 Å². The minimum atomic E-state index is -1.23. The summed E-state index contributed by atoms with van der Waals surface area (Å²) in [6.45, 7) is -2.25. The van der Waals surface area contributed by atoms with Crippen molar-refractivity contribution in [3.05, 3.63) is 0 Å². The molecule has 0 fully saturated rings. The van der Waals surface area contributed by atoms with Gasteiger partial charge in [-0.1, -0.05) is 0 Å². The standard InChI is InChI=1S/C10H16N2O8.H3N.H2O2/c13-7(14)3-11(4-8(15)16)1-2-12(5-9(17)18)6-10(19)20;;1-2/h1-6H2,(H,13,14)(H,15,16)(H,17,18)(H,19,20);1H3;1-2H. The van der Waals surface area contributed by atoms with Crippen LogP contribution in [0, 0.1) is 0 Å². The number of rotatable bonds is 11. The summed E-state index contributed by atoms with van der Waals surface area (Å²) < 4.78 is 0. The van der Waals surface area contributed by atoms with Gasteiger partial charge in [0.1, 0.15) is 0 Å². The highest BCUT2D eigenvalue weighted by molar-refractivity contribution is 5.73. The predicted molar refractivity (Wildman–Crippen MR) is 73.7 cm³/mol. The van der Waals surface area contributed by atoms with E-state index >= 15 is 0 Å². The second kappa shape index (κ2) is 14.6. The van der Waals surface area contributed by atoms with Crippen LogP contribution in [0.15, 0.2) is 0 Å². The molecule has 0 unspecified atom stereocenters. The molecule has 0 aromatic rings. The van der Waals surface area contributed by atoms with Crippen LogP contribution in [-0.4, -0.2) is 104 Å². The van der Waals surface area contributed by atoms with E-state index in [0.717, 1.165) is 9.80 Å². The molecule has 0 bridgehead atoms. The van der Waals surface area contributed by atoms with Crippen LogP contribution in [0.4, 0.5) is 0 Å². The zero-order valence-corrected chi connectivity index (χ0v) is 12.2. The normalized spacial score (nSPS) is 9.57. The molecule has 0 aliphatic heterocycles. The third-order valence-corrected chi connectivity index (χ3v) is 2.17. The van der Waals surface area contributed by atoms with Crippen LogP contribution in [0.3, 0.4) is 0 Å². The molecule has 23 heavy (non-hydrogen) atoms. The summed E-state index contributed by atoms with van der Waals surface area (Å²) >= 11 is 0. The Morgan fingerprint density at radius 2 is 0.739 bits per heavy atom. The Bertz CT molecular complexity index is 321. The van der Waals surface area contributed by atoms with Gasteiger partial charge in [0.15, 0.2) is 0 Å². The first kappa shape index (κ1) is 25.6. The minimum absolute atomic E-state index is 0. The topological polar surface area (TPSA) is 231 Å². The summed E-state index contributed by atoms with van der Waals surface area (Å²) in [6, 6.07) is 0. The predicted octanol–water partition coefficient (Wildman–Crippen LogP) is -1.89. The van der Waals surface area contributed by atoms with E-state index in [4.69, 9.17) is 30.9 Å². The molecule has 0 aromatic heterocycles. The summed E-state index contributed by atoms with van der Waals surface area (Å²) in [5.41, 5.74) is 0. The Balaban J connectivity index is -0.00000128. The van der Waals surface area contributed by atoms with Crippen molar-refractivity contribution in [1.82, 2.24) is 16.0 Å². The molecular weight excluding hydrogens is 322 g/mol. The third kappa shape index (κ3) is 17.6. The van der Waals surface area contributed by atoms with Gasteiger partial charge in [-0.25, -0.2) is 0 Å². The Hall–Kier alpha value is -2.32. The smallest absolute Gasteiger partial charge is 0.317 e. The van der Waals surface area contributed by atoms with Crippen LogP contribution >= 0.6 is 0 Å². The van der Waals surface area contributed by atoms with E-state index in [1.54, 1.807) is 0 Å². The summed E-state index contributed by atoms with van der Waals surface area (Å²) in [5.74, 6) is -4.91. The molecule has 0 atom stereocenters. The van der Waals surface area contributed by atoms with E-state index in [0.29, 0.717) is 0 Å². The fraction of sp³-hybridized carbons (Fsp3) is 0.600. The van der Waals surface area contributed by atoms with E-state index in [2.05, 4.69) is 0 Å². The largest absolute Gasteiger partial charge is 0.480 e. The van der Waals surface area contributed by atoms with E-state index in [-0.39, 0.29) is 19.2 Å². The molecule has 9 N–H and O–H groups in total. The highest BCUT2D eigenvalue weighted by Crippen LogP contribution is 1.94. The molecule has 0 saturated heterocycles. The Morgan fingerprint density at radius 1 is 0.565 bits per heavy atom. The molecule has 0 radical (unpaired) electrons. The maximum atomic E-state index is 10.6. The van der Waals surface area contributed by atoms with Crippen molar-refractivity contribution in [3.8, 4) is 0 Å². The van der Waals surface area contributed by atoms with Crippen LogP contribution in [0.25, 0.3) is 0 Å². The van der Waals surface area contributed by atoms with Gasteiger partial charge >= 0.3 is 23.9 Å². The van der Waals surface area contributed by atoms with Gasteiger partial charge in [-0.15, -0.1) is 0 Å². The van der Waals surface area contributed by atoms with Gasteiger partial charge < -0.3 is 26.6 Å². The van der Waals surface area contributed by atoms with E-state index in [1.165, 1.54) is 0 Å². The van der Waals surface area contributed by atoms with Crippen molar-refractivity contribution in [2.75, 3.05) is 39.3 Å².